The summed E-state index contributed by atoms with van der Waals surface area (Å²) < 4.78 is 33.5. The zero-order valence-electron chi connectivity index (χ0n) is 22.2. The lowest BCUT2D eigenvalue weighted by Crippen LogP contribution is -2.57. The van der Waals surface area contributed by atoms with Crippen LogP contribution in [0.5, 0.6) is 0 Å². The highest BCUT2D eigenvalue weighted by Crippen LogP contribution is 2.47. The van der Waals surface area contributed by atoms with Gasteiger partial charge in [0.15, 0.2) is 0 Å². The molecule has 2 aromatic rings. The second-order valence-electron chi connectivity index (χ2n) is 10.9. The van der Waals surface area contributed by atoms with Crippen LogP contribution in [0.25, 0.3) is 10.9 Å². The summed E-state index contributed by atoms with van der Waals surface area (Å²) in [5.74, 6) is 0.681. The van der Waals surface area contributed by atoms with Gasteiger partial charge in [-0.3, -0.25) is 19.3 Å². The Kier molecular flexibility index (Phi) is 7.41. The Morgan fingerprint density at radius 3 is 2.81 bits per heavy atom. The summed E-state index contributed by atoms with van der Waals surface area (Å²) in [7, 11) is 1.67. The molecule has 2 N–H and O–H groups in total. The van der Waals surface area contributed by atoms with Gasteiger partial charge < -0.3 is 10.1 Å². The van der Waals surface area contributed by atoms with E-state index in [-0.39, 0.29) is 18.8 Å². The van der Waals surface area contributed by atoms with Gasteiger partial charge in [0.05, 0.1) is 37.6 Å². The minimum Gasteiger partial charge on any atom is -0.496 e. The van der Waals surface area contributed by atoms with Crippen molar-refractivity contribution >= 4 is 10.9 Å². The molecule has 0 unspecified atom stereocenters. The Labute approximate surface area is 218 Å². The summed E-state index contributed by atoms with van der Waals surface area (Å²) in [5.41, 5.74) is 4.06. The van der Waals surface area contributed by atoms with Crippen molar-refractivity contribution < 1.29 is 13.5 Å². The summed E-state index contributed by atoms with van der Waals surface area (Å²) >= 11 is 0. The Morgan fingerprint density at radius 2 is 2.14 bits per heavy atom. The van der Waals surface area contributed by atoms with Crippen LogP contribution in [-0.2, 0) is 11.2 Å². The molecule has 200 valence electrons. The highest BCUT2D eigenvalue weighted by Gasteiger charge is 2.48. The average molecular weight is 512 g/mol. The van der Waals surface area contributed by atoms with Crippen molar-refractivity contribution in [3.05, 3.63) is 65.2 Å². The van der Waals surface area contributed by atoms with Gasteiger partial charge in [-0.05, 0) is 56.7 Å². The van der Waals surface area contributed by atoms with Crippen molar-refractivity contribution in [1.29, 1.82) is 0 Å². The third kappa shape index (κ3) is 5.32. The zero-order chi connectivity index (χ0) is 26.2. The molecule has 1 saturated carbocycles. The van der Waals surface area contributed by atoms with Crippen molar-refractivity contribution in [2.24, 2.45) is 0 Å². The van der Waals surface area contributed by atoms with Crippen LogP contribution in [0.2, 0.25) is 0 Å². The topological polar surface area (TPSA) is 56.4 Å². The van der Waals surface area contributed by atoms with Gasteiger partial charge in [-0.15, -0.1) is 0 Å². The fourth-order valence-corrected chi connectivity index (χ4v) is 5.81. The first-order valence-electron chi connectivity index (χ1n) is 13.4. The molecule has 1 aromatic heterocycles. The van der Waals surface area contributed by atoms with E-state index in [1.807, 2.05) is 25.3 Å². The van der Waals surface area contributed by atoms with E-state index in [9.17, 15) is 4.39 Å². The molecular formula is C29H39F2N5O. The number of allylic oxidation sites excluding steroid dienone is 2. The summed E-state index contributed by atoms with van der Waals surface area (Å²) in [4.78, 5) is 4.53. The van der Waals surface area contributed by atoms with Crippen LogP contribution in [0.3, 0.4) is 0 Å². The van der Waals surface area contributed by atoms with E-state index >= 15 is 4.39 Å². The monoisotopic (exact) mass is 511 g/mol. The molecule has 0 spiro atoms. The zero-order valence-corrected chi connectivity index (χ0v) is 22.2. The Hall–Kier alpha value is -2.71. The third-order valence-corrected chi connectivity index (χ3v) is 8.12. The molecule has 2 aliphatic heterocycles. The summed E-state index contributed by atoms with van der Waals surface area (Å²) in [5, 5.41) is 12.0. The minimum atomic E-state index is -1.12. The van der Waals surface area contributed by atoms with Crippen LogP contribution in [0.4, 0.5) is 8.78 Å². The predicted octanol–water partition coefficient (Wildman–Crippen LogP) is 4.98. The van der Waals surface area contributed by atoms with E-state index in [2.05, 4.69) is 50.9 Å². The first kappa shape index (κ1) is 25.9. The third-order valence-electron chi connectivity index (χ3n) is 8.12. The van der Waals surface area contributed by atoms with Gasteiger partial charge in [0.1, 0.15) is 11.4 Å². The van der Waals surface area contributed by atoms with Crippen molar-refractivity contribution in [3.8, 4) is 0 Å². The number of hydrogen-bond donors (Lipinski definition) is 2. The van der Waals surface area contributed by atoms with Crippen LogP contribution in [-0.4, -0.2) is 77.7 Å². The van der Waals surface area contributed by atoms with Crippen molar-refractivity contribution in [3.63, 3.8) is 0 Å². The second kappa shape index (κ2) is 10.6. The molecule has 1 saturated heterocycles. The molecule has 5 rings (SSSR count). The molecule has 37 heavy (non-hydrogen) atoms. The molecule has 0 bridgehead atoms. The number of benzene rings is 1. The largest absolute Gasteiger partial charge is 0.496 e. The molecule has 1 aliphatic carbocycles. The highest BCUT2D eigenvalue weighted by atomic mass is 19.1. The number of H-pyrrole nitrogens is 1. The van der Waals surface area contributed by atoms with Gasteiger partial charge in [0.2, 0.25) is 0 Å². The van der Waals surface area contributed by atoms with Crippen LogP contribution in [0.1, 0.15) is 50.3 Å². The van der Waals surface area contributed by atoms with E-state index in [4.69, 9.17) is 4.74 Å². The number of nitrogens with zero attached hydrogens (tertiary/aromatic N) is 3. The summed E-state index contributed by atoms with van der Waals surface area (Å²) in [6.45, 7) is 11.4. The molecule has 2 fully saturated rings. The Morgan fingerprint density at radius 1 is 1.35 bits per heavy atom. The van der Waals surface area contributed by atoms with Crippen molar-refractivity contribution in [2.75, 3.05) is 40.0 Å². The minimum absolute atomic E-state index is 0.144. The van der Waals surface area contributed by atoms with E-state index in [0.717, 1.165) is 53.8 Å². The lowest BCUT2D eigenvalue weighted by atomic mass is 9.83. The fraction of sp³-hybridized carbons (Fsp3) is 0.552. The Bertz CT molecular complexity index is 1190. The molecule has 8 heteroatoms. The van der Waals surface area contributed by atoms with Crippen LogP contribution in [0, 0.1) is 0 Å². The van der Waals surface area contributed by atoms with Gasteiger partial charge in [0, 0.05) is 55.0 Å². The van der Waals surface area contributed by atoms with Gasteiger partial charge in [-0.2, -0.15) is 5.10 Å². The van der Waals surface area contributed by atoms with Crippen molar-refractivity contribution in [1.82, 2.24) is 25.3 Å². The van der Waals surface area contributed by atoms with Gasteiger partial charge in [-0.25, -0.2) is 4.39 Å². The molecule has 1 aromatic carbocycles. The number of aromatic amines is 1. The number of rotatable bonds is 11. The van der Waals surface area contributed by atoms with Crippen molar-refractivity contribution in [2.45, 2.75) is 63.3 Å². The lowest BCUT2D eigenvalue weighted by molar-refractivity contribution is 0.0941. The number of ether oxygens (including phenoxy) is 1. The summed E-state index contributed by atoms with van der Waals surface area (Å²) in [6.07, 6.45) is 8.57. The maximum absolute atomic E-state index is 15.1. The first-order chi connectivity index (χ1) is 17.9. The predicted molar refractivity (Wildman–Crippen MR) is 144 cm³/mol. The SMILES string of the molecule is C=C(/C(=C\C(=C/C)NC1CN(CCCF)C1)OC)[C@@H]1c2ccc3[nH]ncc3c2C[C@@H](C)N1CC1(F)CC1. The number of likely N-dealkylation sites (tertiary alicyclic amines) is 1. The van der Waals surface area contributed by atoms with Crippen LogP contribution >= 0.6 is 0 Å². The Balaban J connectivity index is 1.42. The van der Waals surface area contributed by atoms with Gasteiger partial charge in [-0.1, -0.05) is 18.7 Å². The number of fused-ring (bicyclic) bond motifs is 3. The van der Waals surface area contributed by atoms with Crippen LogP contribution in [0.15, 0.2) is 54.1 Å². The molecule has 0 radical (unpaired) electrons. The van der Waals surface area contributed by atoms with E-state index in [1.54, 1.807) is 7.11 Å². The second-order valence-corrected chi connectivity index (χ2v) is 10.9. The van der Waals surface area contributed by atoms with E-state index in [0.29, 0.717) is 37.6 Å². The molecule has 3 heterocycles. The number of methoxy groups -OCH3 is 1. The average Bonchev–Trinajstić information content (AvgIpc) is 3.39. The quantitative estimate of drug-likeness (QED) is 0.329. The number of nitrogens with one attached hydrogen (secondary N) is 2. The number of aromatic nitrogens is 2. The van der Waals surface area contributed by atoms with Crippen LogP contribution < -0.4 is 5.32 Å². The molecule has 3 aliphatic rings. The van der Waals surface area contributed by atoms with Gasteiger partial charge in [0.25, 0.3) is 0 Å². The molecule has 6 nitrogen and oxygen atoms in total. The first-order valence-corrected chi connectivity index (χ1v) is 13.4. The number of hydrogen-bond acceptors (Lipinski definition) is 5. The van der Waals surface area contributed by atoms with E-state index in [1.165, 1.54) is 5.56 Å². The molecule has 2 atom stereocenters. The van der Waals surface area contributed by atoms with E-state index < -0.39 is 5.67 Å². The lowest BCUT2D eigenvalue weighted by Gasteiger charge is -2.44. The number of alkyl halides is 2. The number of halogens is 2. The normalized spacial score (nSPS) is 24.6. The molecule has 0 amide bonds. The van der Waals surface area contributed by atoms with Gasteiger partial charge >= 0.3 is 0 Å². The maximum Gasteiger partial charge on any atom is 0.125 e. The fourth-order valence-electron chi connectivity index (χ4n) is 5.81. The maximum atomic E-state index is 15.1. The summed E-state index contributed by atoms with van der Waals surface area (Å²) in [6, 6.07) is 4.44. The smallest absolute Gasteiger partial charge is 0.125 e. The molecular weight excluding hydrogens is 472 g/mol. The standard InChI is InChI=1S/C29H39F2N5O/c1-5-21(33-22-16-35(17-22)12-6-11-30)14-27(37-4)20(3)28-23-7-8-26-25(15-32-34-26)24(23)13-19(2)36(28)18-29(31)9-10-29/h5,7-8,14-15,19,22,28,33H,3,6,9-13,16-18H2,1-2,4H3,(H,32,34)/b21-5+,27-14+/t19-,28-/m1/s1. The highest BCUT2D eigenvalue weighted by molar-refractivity contribution is 5.83.